The maximum absolute atomic E-state index is 14.7. The van der Waals surface area contributed by atoms with Crippen molar-refractivity contribution < 1.29 is 71.1 Å². The molecule has 2 unspecified atom stereocenters. The minimum absolute atomic E-state index is 0.0792. The molecule has 0 aromatic heterocycles. The van der Waals surface area contributed by atoms with Crippen LogP contribution < -0.4 is 5.73 Å². The number of hydrogen-bond acceptors (Lipinski definition) is 3. The Balaban J connectivity index is 0.000000330. The van der Waals surface area contributed by atoms with Crippen molar-refractivity contribution in [3.05, 3.63) is 148 Å². The Morgan fingerprint density at radius 1 is 0.613 bits per heavy atom. The number of Topliss-reactive ketones (excluding diaryl/α,β-unsaturated/α-hetero) is 2. The highest BCUT2D eigenvalue weighted by molar-refractivity contribution is 9.10. The lowest BCUT2D eigenvalue weighted by Gasteiger charge is -2.19. The van der Waals surface area contributed by atoms with Gasteiger partial charge < -0.3 is 5.73 Å². The minimum atomic E-state index is -5.07. The molecule has 0 fully saturated rings. The second-order valence-electron chi connectivity index (χ2n) is 12.9. The number of allylic oxidation sites excluding steroid dienone is 2. The van der Waals surface area contributed by atoms with Crippen molar-refractivity contribution in [2.75, 3.05) is 6.54 Å². The molecule has 0 spiro atoms. The van der Waals surface area contributed by atoms with E-state index in [0.29, 0.717) is 18.6 Å². The predicted molar refractivity (Wildman–Crippen MR) is 212 cm³/mol. The zero-order valence-electron chi connectivity index (χ0n) is 30.9. The van der Waals surface area contributed by atoms with Crippen LogP contribution in [0, 0.1) is 0 Å². The summed E-state index contributed by atoms with van der Waals surface area (Å²) in [6.45, 7) is 0.864. The second kappa shape index (κ2) is 20.9. The average molecular weight is 1040 g/mol. The molecule has 0 saturated heterocycles. The smallest absolute Gasteiger partial charge is 0.324 e. The van der Waals surface area contributed by atoms with Crippen LogP contribution in [0.4, 0.5) is 61.5 Å². The first-order valence-electron chi connectivity index (χ1n) is 17.1. The van der Waals surface area contributed by atoms with Crippen molar-refractivity contribution in [2.45, 2.75) is 56.3 Å². The third-order valence-corrected chi connectivity index (χ3v) is 10.9. The van der Waals surface area contributed by atoms with Crippen molar-refractivity contribution >= 4 is 85.6 Å². The van der Waals surface area contributed by atoms with Gasteiger partial charge in [-0.1, -0.05) is 83.7 Å². The molecule has 0 aliphatic carbocycles. The lowest BCUT2D eigenvalue weighted by molar-refractivity contribution is -0.140. The molecule has 0 saturated carbocycles. The van der Waals surface area contributed by atoms with Crippen LogP contribution >= 0.6 is 62.3 Å². The molecule has 0 aliphatic rings. The maximum atomic E-state index is 14.7. The summed E-state index contributed by atoms with van der Waals surface area (Å²) in [5.41, 5.74) is -1.80. The fourth-order valence-corrected chi connectivity index (χ4v) is 6.64. The van der Waals surface area contributed by atoms with Crippen molar-refractivity contribution in [1.82, 2.24) is 0 Å². The summed E-state index contributed by atoms with van der Waals surface area (Å²) in [5, 5.41) is -0.726. The van der Waals surface area contributed by atoms with E-state index in [0.717, 1.165) is 42.5 Å². The first kappa shape index (κ1) is 52.7. The van der Waals surface area contributed by atoms with E-state index in [9.17, 15) is 71.1 Å². The standard InChI is InChI=1S/C21H15BrClF7O.C19H11Cl3F7NO/c1-2-3-19(31)13-6-4-12(8-15(13)21(28,29)30)18(24)10-14(20(25,26)27)11-5-7-17(23)16(22)9-11;20-13-4-9(5-14(21)17(13)22)11(18(24,25)26)6-15(23)8-1-2-10(16(31)7-30)12(3-8)19(27,28)29/h4-10,14H,2-3H2,1H3;1-6,11H,7,30H2/b18-10-;15-6-. The van der Waals surface area contributed by atoms with Gasteiger partial charge in [-0.3, -0.25) is 9.59 Å². The molecule has 62 heavy (non-hydrogen) atoms. The Morgan fingerprint density at radius 3 is 1.40 bits per heavy atom. The monoisotopic (exact) mass is 1040 g/mol. The number of alkyl halides is 12. The summed E-state index contributed by atoms with van der Waals surface area (Å²) in [4.78, 5) is 23.6. The first-order valence-corrected chi connectivity index (χ1v) is 19.4. The lowest BCUT2D eigenvalue weighted by Crippen LogP contribution is -2.20. The Hall–Kier alpha value is -3.68. The van der Waals surface area contributed by atoms with Gasteiger partial charge in [0, 0.05) is 33.1 Å². The van der Waals surface area contributed by atoms with E-state index < -0.39 is 105 Å². The lowest BCUT2D eigenvalue weighted by atomic mass is 9.94. The number of carbonyl (C=O) groups is 2. The number of rotatable bonds is 11. The summed E-state index contributed by atoms with van der Waals surface area (Å²) in [7, 11) is 0. The molecule has 0 bridgehead atoms. The molecule has 0 aliphatic heterocycles. The minimum Gasteiger partial charge on any atom is -0.324 e. The van der Waals surface area contributed by atoms with E-state index in [1.807, 2.05) is 0 Å². The third kappa shape index (κ3) is 13.7. The second-order valence-corrected chi connectivity index (χ2v) is 15.3. The van der Waals surface area contributed by atoms with E-state index in [4.69, 9.17) is 52.1 Å². The largest absolute Gasteiger partial charge is 0.417 e. The van der Waals surface area contributed by atoms with Crippen LogP contribution in [0.2, 0.25) is 20.1 Å². The van der Waals surface area contributed by atoms with E-state index in [2.05, 4.69) is 15.9 Å². The highest BCUT2D eigenvalue weighted by Gasteiger charge is 2.42. The number of ketones is 2. The van der Waals surface area contributed by atoms with Gasteiger partial charge >= 0.3 is 24.7 Å². The summed E-state index contributed by atoms with van der Waals surface area (Å²) in [5.74, 6) is -10.0. The number of carbonyl (C=O) groups excluding carboxylic acids is 2. The zero-order valence-corrected chi connectivity index (χ0v) is 35.5. The normalized spacial score (nSPS) is 14.0. The molecule has 4 rings (SSSR count). The van der Waals surface area contributed by atoms with Gasteiger partial charge in [-0.2, -0.15) is 52.7 Å². The number of benzene rings is 4. The van der Waals surface area contributed by atoms with Crippen molar-refractivity contribution in [3.63, 3.8) is 0 Å². The molecule has 22 heteroatoms. The van der Waals surface area contributed by atoms with Crippen LogP contribution in [-0.2, 0) is 12.4 Å². The van der Waals surface area contributed by atoms with Crippen LogP contribution in [0.5, 0.6) is 0 Å². The third-order valence-electron chi connectivity index (χ3n) is 8.46. The van der Waals surface area contributed by atoms with Crippen LogP contribution in [0.3, 0.4) is 0 Å². The molecular formula is C40H26BrCl4F14NO2. The van der Waals surface area contributed by atoms with Gasteiger partial charge in [-0.25, -0.2) is 8.78 Å². The van der Waals surface area contributed by atoms with Crippen LogP contribution in [0.15, 0.2) is 83.4 Å². The summed E-state index contributed by atoms with van der Waals surface area (Å²) in [6, 6.07) is 8.55. The Kier molecular flexibility index (Phi) is 17.7. The fraction of sp³-hybridized carbons (Fsp3) is 0.250. The SMILES string of the molecule is CCCC(=O)c1ccc(/C(F)=C/C(c2ccc(Cl)c(Br)c2)C(F)(F)F)cc1C(F)(F)F.NCC(=O)c1ccc(/C(F)=C/C(c2cc(Cl)c(Cl)c(Cl)c2)C(F)(F)F)cc1C(F)(F)F. The Labute approximate surface area is 371 Å². The average Bonchev–Trinajstić information content (AvgIpc) is 3.16. The predicted octanol–water partition coefficient (Wildman–Crippen LogP) is 16.2. The molecule has 2 atom stereocenters. The van der Waals surface area contributed by atoms with Gasteiger partial charge in [0.25, 0.3) is 0 Å². The van der Waals surface area contributed by atoms with Crippen molar-refractivity contribution in [2.24, 2.45) is 5.73 Å². The Morgan fingerprint density at radius 2 is 1.03 bits per heavy atom. The molecule has 4 aromatic rings. The molecule has 0 radical (unpaired) electrons. The number of halogens is 19. The first-order chi connectivity index (χ1) is 28.4. The van der Waals surface area contributed by atoms with Crippen molar-refractivity contribution in [3.8, 4) is 0 Å². The summed E-state index contributed by atoms with van der Waals surface area (Å²) in [6.07, 6.45) is -19.6. The molecule has 3 nitrogen and oxygen atoms in total. The quantitative estimate of drug-likeness (QED) is 0.0925. The molecule has 2 N–H and O–H groups in total. The highest BCUT2D eigenvalue weighted by Crippen LogP contribution is 2.44. The molecule has 0 amide bonds. The number of nitrogens with two attached hydrogens (primary N) is 1. The molecular weight excluding hydrogens is 1010 g/mol. The van der Waals surface area contributed by atoms with Crippen molar-refractivity contribution in [1.29, 1.82) is 0 Å². The van der Waals surface area contributed by atoms with Gasteiger partial charge in [0.2, 0.25) is 0 Å². The van der Waals surface area contributed by atoms with Gasteiger partial charge in [-0.05, 0) is 82.0 Å². The summed E-state index contributed by atoms with van der Waals surface area (Å²) < 4.78 is 191. The van der Waals surface area contributed by atoms with Gasteiger partial charge in [0.05, 0.1) is 37.8 Å². The van der Waals surface area contributed by atoms with Gasteiger partial charge in [-0.15, -0.1) is 0 Å². The summed E-state index contributed by atoms with van der Waals surface area (Å²) >= 11 is 25.9. The van der Waals surface area contributed by atoms with E-state index in [1.165, 1.54) is 6.07 Å². The van der Waals surface area contributed by atoms with E-state index in [1.54, 1.807) is 6.92 Å². The van der Waals surface area contributed by atoms with Crippen LogP contribution in [0.25, 0.3) is 11.7 Å². The highest BCUT2D eigenvalue weighted by atomic mass is 79.9. The fourth-order valence-electron chi connectivity index (χ4n) is 5.52. The Bertz CT molecular complexity index is 2330. The van der Waals surface area contributed by atoms with Gasteiger partial charge in [0.1, 0.15) is 23.5 Å². The van der Waals surface area contributed by atoms with E-state index in [-0.39, 0.29) is 54.8 Å². The number of hydrogen-bond donors (Lipinski definition) is 1. The maximum Gasteiger partial charge on any atom is 0.417 e. The molecule has 336 valence electrons. The van der Waals surface area contributed by atoms with Crippen LogP contribution in [-0.4, -0.2) is 30.5 Å². The zero-order chi connectivity index (χ0) is 47.3. The van der Waals surface area contributed by atoms with Gasteiger partial charge in [0.15, 0.2) is 11.6 Å². The van der Waals surface area contributed by atoms with Crippen LogP contribution in [0.1, 0.15) is 85.7 Å². The topological polar surface area (TPSA) is 60.2 Å². The molecule has 0 heterocycles. The molecule has 4 aromatic carbocycles. The van der Waals surface area contributed by atoms with E-state index >= 15 is 0 Å².